The van der Waals surface area contributed by atoms with Crippen molar-refractivity contribution in [1.29, 1.82) is 0 Å². The van der Waals surface area contributed by atoms with E-state index in [1.807, 2.05) is 18.3 Å². The molecule has 0 bridgehead atoms. The van der Waals surface area contributed by atoms with Gasteiger partial charge in [-0.05, 0) is 72.6 Å². The molecule has 2 heteroatoms. The van der Waals surface area contributed by atoms with Crippen LogP contribution in [0.5, 0.6) is 0 Å². The van der Waals surface area contributed by atoms with Gasteiger partial charge in [-0.15, -0.1) is 6.58 Å². The van der Waals surface area contributed by atoms with Gasteiger partial charge in [0.1, 0.15) is 0 Å². The highest BCUT2D eigenvalue weighted by Gasteiger charge is 2.09. The van der Waals surface area contributed by atoms with E-state index in [4.69, 9.17) is 0 Å². The molecular weight excluding hydrogens is 357 g/mol. The third-order valence-corrected chi connectivity index (χ3v) is 4.94. The van der Waals surface area contributed by atoms with Crippen LogP contribution in [-0.2, 0) is 6.42 Å². The Morgan fingerprint density at radius 1 is 1.03 bits per heavy atom. The highest BCUT2D eigenvalue weighted by Crippen LogP contribution is 2.33. The van der Waals surface area contributed by atoms with Crippen LogP contribution in [0.3, 0.4) is 0 Å². The van der Waals surface area contributed by atoms with Gasteiger partial charge in [-0.2, -0.15) is 0 Å². The average molecular weight is 386 g/mol. The zero-order valence-electron chi connectivity index (χ0n) is 17.0. The molecule has 1 aromatic heterocycles. The van der Waals surface area contributed by atoms with Gasteiger partial charge >= 0.3 is 0 Å². The molecule has 0 spiro atoms. The summed E-state index contributed by atoms with van der Waals surface area (Å²) in [6.45, 7) is 5.44. The lowest BCUT2D eigenvalue weighted by molar-refractivity contribution is 0.335. The maximum absolute atomic E-state index is 12.9. The van der Waals surface area contributed by atoms with E-state index in [-0.39, 0.29) is 0 Å². The molecule has 1 atom stereocenters. The number of hydrogen-bond acceptors (Lipinski definition) is 1. The molecule has 29 heavy (non-hydrogen) atoms. The van der Waals surface area contributed by atoms with Gasteiger partial charge in [-0.1, -0.05) is 60.7 Å². The summed E-state index contributed by atoms with van der Waals surface area (Å²) in [6, 6.07) is 19.2. The van der Waals surface area contributed by atoms with E-state index in [9.17, 15) is 4.39 Å². The smallest absolute Gasteiger partial charge is 0.0973 e. The van der Waals surface area contributed by atoms with Crippen LogP contribution in [0.25, 0.3) is 28.3 Å². The van der Waals surface area contributed by atoms with E-state index < -0.39 is 6.17 Å². The summed E-state index contributed by atoms with van der Waals surface area (Å²) in [5.74, 6) is 0. The van der Waals surface area contributed by atoms with Crippen molar-refractivity contribution in [2.45, 2.75) is 38.8 Å². The first-order valence-electron chi connectivity index (χ1n) is 10.2. The Bertz CT molecular complexity index is 940. The van der Waals surface area contributed by atoms with Crippen LogP contribution in [-0.4, -0.2) is 11.2 Å². The summed E-state index contributed by atoms with van der Waals surface area (Å²) in [7, 11) is 0. The zero-order valence-corrected chi connectivity index (χ0v) is 17.0. The number of pyridine rings is 1. The molecule has 0 saturated heterocycles. The van der Waals surface area contributed by atoms with Crippen molar-refractivity contribution in [2.75, 3.05) is 0 Å². The normalized spacial score (nSPS) is 12.2. The molecular formula is C27H28FN. The number of allylic oxidation sites excluding steroid dienone is 2. The Labute approximate surface area is 173 Å². The SMILES string of the molecule is C=CCc1ccc(-c2cc(C=CCCCC(C)F)ccc2-c2cccnc2)cc1. The molecule has 148 valence electrons. The third-order valence-electron chi connectivity index (χ3n) is 4.94. The molecule has 0 radical (unpaired) electrons. The number of rotatable bonds is 9. The van der Waals surface area contributed by atoms with Crippen LogP contribution in [0, 0.1) is 0 Å². The highest BCUT2D eigenvalue weighted by molar-refractivity contribution is 5.84. The van der Waals surface area contributed by atoms with Crippen molar-refractivity contribution < 1.29 is 4.39 Å². The summed E-state index contributed by atoms with van der Waals surface area (Å²) in [6.07, 6.45) is 12.4. The minimum absolute atomic E-state index is 0.618. The molecule has 0 saturated carbocycles. The Balaban J connectivity index is 1.91. The van der Waals surface area contributed by atoms with Crippen LogP contribution in [0.4, 0.5) is 4.39 Å². The Morgan fingerprint density at radius 3 is 2.55 bits per heavy atom. The van der Waals surface area contributed by atoms with Gasteiger partial charge in [0.05, 0.1) is 6.17 Å². The van der Waals surface area contributed by atoms with E-state index in [1.54, 1.807) is 13.1 Å². The number of nitrogens with zero attached hydrogens (tertiary/aromatic N) is 1. The van der Waals surface area contributed by atoms with Gasteiger partial charge in [-0.25, -0.2) is 4.39 Å². The summed E-state index contributed by atoms with van der Waals surface area (Å²) >= 11 is 0. The second kappa shape index (κ2) is 10.5. The average Bonchev–Trinajstić information content (AvgIpc) is 2.75. The minimum Gasteiger partial charge on any atom is -0.264 e. The molecule has 1 unspecified atom stereocenters. The molecule has 3 aromatic rings. The summed E-state index contributed by atoms with van der Waals surface area (Å²) < 4.78 is 12.9. The maximum atomic E-state index is 12.9. The fourth-order valence-corrected chi connectivity index (χ4v) is 3.40. The molecule has 1 nitrogen and oxygen atoms in total. The van der Waals surface area contributed by atoms with Gasteiger partial charge in [0, 0.05) is 18.0 Å². The lowest BCUT2D eigenvalue weighted by Gasteiger charge is -2.12. The number of unbranched alkanes of at least 4 members (excludes halogenated alkanes) is 1. The fourth-order valence-electron chi connectivity index (χ4n) is 3.40. The lowest BCUT2D eigenvalue weighted by Crippen LogP contribution is -1.90. The summed E-state index contributed by atoms with van der Waals surface area (Å²) in [5, 5.41) is 0. The zero-order chi connectivity index (χ0) is 20.5. The first-order chi connectivity index (χ1) is 14.2. The van der Waals surface area contributed by atoms with Crippen molar-refractivity contribution in [3.05, 3.63) is 96.8 Å². The molecule has 0 amide bonds. The fraction of sp³-hybridized carbons (Fsp3) is 0.222. The predicted octanol–water partition coefficient (Wildman–Crippen LogP) is 7.69. The van der Waals surface area contributed by atoms with E-state index in [2.05, 4.69) is 72.2 Å². The van der Waals surface area contributed by atoms with Gasteiger partial charge in [0.2, 0.25) is 0 Å². The van der Waals surface area contributed by atoms with Crippen molar-refractivity contribution >= 4 is 6.08 Å². The second-order valence-electron chi connectivity index (χ2n) is 7.35. The van der Waals surface area contributed by atoms with E-state index in [1.165, 1.54) is 16.7 Å². The van der Waals surface area contributed by atoms with Crippen molar-refractivity contribution in [3.8, 4) is 22.3 Å². The van der Waals surface area contributed by atoms with E-state index >= 15 is 0 Å². The quantitative estimate of drug-likeness (QED) is 0.272. The van der Waals surface area contributed by atoms with Crippen LogP contribution >= 0.6 is 0 Å². The number of hydrogen-bond donors (Lipinski definition) is 0. The topological polar surface area (TPSA) is 12.9 Å². The number of halogens is 1. The van der Waals surface area contributed by atoms with Crippen LogP contribution in [0.15, 0.2) is 85.7 Å². The molecule has 2 aromatic carbocycles. The number of alkyl halides is 1. The highest BCUT2D eigenvalue weighted by atomic mass is 19.1. The first-order valence-corrected chi connectivity index (χ1v) is 10.2. The Morgan fingerprint density at radius 2 is 1.86 bits per heavy atom. The van der Waals surface area contributed by atoms with Gasteiger partial charge in [0.25, 0.3) is 0 Å². The Hall–Kier alpha value is -3.00. The predicted molar refractivity (Wildman–Crippen MR) is 122 cm³/mol. The van der Waals surface area contributed by atoms with Gasteiger partial charge < -0.3 is 0 Å². The molecule has 0 aliphatic rings. The Kier molecular flexibility index (Phi) is 7.52. The standard InChI is InChI=1S/C27H28FN/c1-3-8-22-12-15-24(16-13-22)27-19-23(10-6-4-5-9-21(2)28)14-17-26(27)25-11-7-18-29-20-25/h3,6-7,10-21H,1,4-5,8-9H2,2H3. The molecule has 0 aliphatic carbocycles. The van der Waals surface area contributed by atoms with Gasteiger partial charge in [-0.3, -0.25) is 4.98 Å². The van der Waals surface area contributed by atoms with Gasteiger partial charge in [0.15, 0.2) is 0 Å². The van der Waals surface area contributed by atoms with Crippen molar-refractivity contribution in [1.82, 2.24) is 4.98 Å². The third kappa shape index (κ3) is 5.99. The number of benzene rings is 2. The lowest BCUT2D eigenvalue weighted by atomic mass is 9.92. The van der Waals surface area contributed by atoms with Crippen LogP contribution in [0.2, 0.25) is 0 Å². The second-order valence-corrected chi connectivity index (χ2v) is 7.35. The number of aromatic nitrogens is 1. The maximum Gasteiger partial charge on any atom is 0.0973 e. The van der Waals surface area contributed by atoms with Crippen molar-refractivity contribution in [2.24, 2.45) is 0 Å². The molecule has 0 fully saturated rings. The van der Waals surface area contributed by atoms with Crippen LogP contribution in [0.1, 0.15) is 37.3 Å². The molecule has 0 aliphatic heterocycles. The summed E-state index contributed by atoms with van der Waals surface area (Å²) in [4.78, 5) is 4.29. The molecule has 0 N–H and O–H groups in total. The summed E-state index contributed by atoms with van der Waals surface area (Å²) in [5.41, 5.74) is 7.03. The van der Waals surface area contributed by atoms with Crippen LogP contribution < -0.4 is 0 Å². The van der Waals surface area contributed by atoms with E-state index in [0.29, 0.717) is 6.42 Å². The minimum atomic E-state index is -0.724. The molecule has 3 rings (SSSR count). The largest absolute Gasteiger partial charge is 0.264 e. The molecule has 1 heterocycles. The van der Waals surface area contributed by atoms with E-state index in [0.717, 1.165) is 36.0 Å². The monoisotopic (exact) mass is 385 g/mol. The van der Waals surface area contributed by atoms with Crippen molar-refractivity contribution in [3.63, 3.8) is 0 Å². The first kappa shape index (κ1) is 20.7.